The number of carbonyl (C=O) groups excluding carboxylic acids is 1. The summed E-state index contributed by atoms with van der Waals surface area (Å²) in [5.74, 6) is -0.303. The minimum Gasteiger partial charge on any atom is -0.465 e. The van der Waals surface area contributed by atoms with Crippen LogP contribution in [0.5, 0.6) is 0 Å². The summed E-state index contributed by atoms with van der Waals surface area (Å²) in [6.45, 7) is 11.1. The normalized spacial score (nSPS) is 14.9. The Hall–Kier alpha value is -0.610. The van der Waals surface area contributed by atoms with Crippen LogP contribution in [0.15, 0.2) is 0 Å². The second-order valence-corrected chi connectivity index (χ2v) is 4.32. The molecule has 1 unspecified atom stereocenters. The third-order valence-electron chi connectivity index (χ3n) is 2.68. The van der Waals surface area contributed by atoms with Crippen LogP contribution < -0.4 is 5.73 Å². The smallest absolute Gasteiger partial charge is 0.325 e. The lowest BCUT2D eigenvalue weighted by Crippen LogP contribution is -2.48. The molecule has 0 saturated carbocycles. The maximum Gasteiger partial charge on any atom is 0.325 e. The summed E-state index contributed by atoms with van der Waals surface area (Å²) in [6.07, 6.45) is 1.76. The van der Waals surface area contributed by atoms with E-state index in [1.165, 1.54) is 0 Å². The topological polar surface area (TPSA) is 55.6 Å². The Morgan fingerprint density at radius 2 is 1.94 bits per heavy atom. The molecule has 0 aliphatic heterocycles. The molecule has 0 aromatic heterocycles. The largest absolute Gasteiger partial charge is 0.465 e. The first-order valence-corrected chi connectivity index (χ1v) is 6.16. The molecular weight excluding hydrogens is 204 g/mol. The van der Waals surface area contributed by atoms with E-state index in [4.69, 9.17) is 10.5 Å². The van der Waals surface area contributed by atoms with Crippen LogP contribution in [0.25, 0.3) is 0 Å². The Morgan fingerprint density at radius 3 is 2.38 bits per heavy atom. The van der Waals surface area contributed by atoms with Gasteiger partial charge >= 0.3 is 5.97 Å². The summed E-state index contributed by atoms with van der Waals surface area (Å²) in [5, 5.41) is 0. The Morgan fingerprint density at radius 1 is 1.31 bits per heavy atom. The van der Waals surface area contributed by atoms with E-state index in [0.717, 1.165) is 26.1 Å². The lowest BCUT2D eigenvalue weighted by atomic mass is 9.99. The quantitative estimate of drug-likeness (QED) is 0.640. The Balaban J connectivity index is 4.09. The Bertz CT molecular complexity index is 205. The summed E-state index contributed by atoms with van der Waals surface area (Å²) in [5.41, 5.74) is 5.08. The molecule has 0 radical (unpaired) electrons. The second kappa shape index (κ2) is 7.63. The summed E-state index contributed by atoms with van der Waals surface area (Å²) in [7, 11) is 0. The van der Waals surface area contributed by atoms with E-state index in [9.17, 15) is 4.79 Å². The van der Waals surface area contributed by atoms with Crippen molar-refractivity contribution in [3.8, 4) is 0 Å². The fourth-order valence-electron chi connectivity index (χ4n) is 1.53. The average Bonchev–Trinajstić information content (AvgIpc) is 2.24. The van der Waals surface area contributed by atoms with Crippen molar-refractivity contribution in [2.75, 3.05) is 26.2 Å². The molecule has 0 spiro atoms. The number of ether oxygens (including phenoxy) is 1. The van der Waals surface area contributed by atoms with Crippen LogP contribution in [0.3, 0.4) is 0 Å². The third kappa shape index (κ3) is 5.47. The molecule has 0 aliphatic rings. The van der Waals surface area contributed by atoms with Gasteiger partial charge in [0.15, 0.2) is 0 Å². The van der Waals surface area contributed by atoms with E-state index >= 15 is 0 Å². The number of carbonyl (C=O) groups is 1. The lowest BCUT2D eigenvalue weighted by Gasteiger charge is -2.26. The first kappa shape index (κ1) is 15.4. The maximum absolute atomic E-state index is 11.6. The van der Waals surface area contributed by atoms with Gasteiger partial charge in [-0.05, 0) is 39.8 Å². The van der Waals surface area contributed by atoms with Gasteiger partial charge in [-0.25, -0.2) is 0 Å². The van der Waals surface area contributed by atoms with Gasteiger partial charge in [0, 0.05) is 6.54 Å². The Kier molecular flexibility index (Phi) is 7.34. The predicted molar refractivity (Wildman–Crippen MR) is 66.2 cm³/mol. The lowest BCUT2D eigenvalue weighted by molar-refractivity contribution is -0.149. The second-order valence-electron chi connectivity index (χ2n) is 4.32. The van der Waals surface area contributed by atoms with E-state index < -0.39 is 5.54 Å². The first-order valence-electron chi connectivity index (χ1n) is 6.16. The van der Waals surface area contributed by atoms with Crippen molar-refractivity contribution in [1.29, 1.82) is 0 Å². The average molecular weight is 230 g/mol. The highest BCUT2D eigenvalue weighted by molar-refractivity contribution is 5.79. The number of hydrogen-bond donors (Lipinski definition) is 1. The number of hydrogen-bond acceptors (Lipinski definition) is 4. The predicted octanol–water partition coefficient (Wildman–Crippen LogP) is 1.39. The molecule has 0 bridgehead atoms. The summed E-state index contributed by atoms with van der Waals surface area (Å²) in [4.78, 5) is 13.9. The molecule has 0 fully saturated rings. The molecule has 1 atom stereocenters. The van der Waals surface area contributed by atoms with Gasteiger partial charge in [-0.15, -0.1) is 0 Å². The molecule has 0 aliphatic carbocycles. The highest BCUT2D eigenvalue weighted by atomic mass is 16.5. The minimum absolute atomic E-state index is 0.303. The zero-order valence-electron chi connectivity index (χ0n) is 11.1. The highest BCUT2D eigenvalue weighted by Gasteiger charge is 2.29. The van der Waals surface area contributed by atoms with Crippen molar-refractivity contribution in [3.05, 3.63) is 0 Å². The summed E-state index contributed by atoms with van der Waals surface area (Å²) >= 11 is 0. The van der Waals surface area contributed by atoms with Gasteiger partial charge in [0.05, 0.1) is 6.61 Å². The van der Waals surface area contributed by atoms with Crippen LogP contribution >= 0.6 is 0 Å². The van der Waals surface area contributed by atoms with Gasteiger partial charge in [0.2, 0.25) is 0 Å². The van der Waals surface area contributed by atoms with Crippen LogP contribution in [0, 0.1) is 0 Å². The highest BCUT2D eigenvalue weighted by Crippen LogP contribution is 2.09. The fraction of sp³-hybridized carbons (Fsp3) is 0.917. The molecule has 0 heterocycles. The molecule has 0 aromatic carbocycles. The van der Waals surface area contributed by atoms with Crippen molar-refractivity contribution in [1.82, 2.24) is 4.90 Å². The number of esters is 1. The van der Waals surface area contributed by atoms with Crippen molar-refractivity contribution >= 4 is 5.97 Å². The van der Waals surface area contributed by atoms with Gasteiger partial charge < -0.3 is 15.4 Å². The standard InChI is InChI=1S/C12H26N2O2/c1-5-9-14(6-2)10-8-12(4,13)11(15)16-7-3/h5-10,13H2,1-4H3. The molecular formula is C12H26N2O2. The van der Waals surface area contributed by atoms with Gasteiger partial charge in [-0.2, -0.15) is 0 Å². The van der Waals surface area contributed by atoms with Gasteiger partial charge in [-0.1, -0.05) is 13.8 Å². The molecule has 96 valence electrons. The van der Waals surface area contributed by atoms with Crippen molar-refractivity contribution < 1.29 is 9.53 Å². The zero-order valence-corrected chi connectivity index (χ0v) is 11.1. The minimum atomic E-state index is -0.864. The van der Waals surface area contributed by atoms with Crippen LogP contribution in [-0.2, 0) is 9.53 Å². The molecule has 0 saturated heterocycles. The molecule has 0 amide bonds. The number of nitrogens with zero attached hydrogens (tertiary/aromatic N) is 1. The van der Waals surface area contributed by atoms with Gasteiger partial charge in [-0.3, -0.25) is 4.79 Å². The van der Waals surface area contributed by atoms with E-state index in [0.29, 0.717) is 13.0 Å². The number of rotatable bonds is 8. The van der Waals surface area contributed by atoms with Crippen molar-refractivity contribution in [2.24, 2.45) is 5.73 Å². The van der Waals surface area contributed by atoms with Crippen LogP contribution in [0.1, 0.15) is 40.5 Å². The van der Waals surface area contributed by atoms with Gasteiger partial charge in [0.25, 0.3) is 0 Å². The van der Waals surface area contributed by atoms with E-state index in [2.05, 4.69) is 18.7 Å². The molecule has 4 heteroatoms. The number of nitrogens with two attached hydrogens (primary N) is 1. The summed E-state index contributed by atoms with van der Waals surface area (Å²) in [6, 6.07) is 0. The van der Waals surface area contributed by atoms with Crippen molar-refractivity contribution in [2.45, 2.75) is 46.1 Å². The SMILES string of the molecule is CCCN(CC)CCC(C)(N)C(=O)OCC. The first-order chi connectivity index (χ1) is 7.47. The fourth-order valence-corrected chi connectivity index (χ4v) is 1.53. The maximum atomic E-state index is 11.6. The van der Waals surface area contributed by atoms with Crippen LogP contribution in [0.4, 0.5) is 0 Å². The van der Waals surface area contributed by atoms with Crippen LogP contribution in [0.2, 0.25) is 0 Å². The third-order valence-corrected chi connectivity index (χ3v) is 2.68. The monoisotopic (exact) mass is 230 g/mol. The molecule has 16 heavy (non-hydrogen) atoms. The molecule has 0 aromatic rings. The molecule has 4 nitrogen and oxygen atoms in total. The van der Waals surface area contributed by atoms with Crippen molar-refractivity contribution in [3.63, 3.8) is 0 Å². The molecule has 0 rings (SSSR count). The Labute approximate surface area is 99.1 Å². The summed E-state index contributed by atoms with van der Waals surface area (Å²) < 4.78 is 4.95. The molecule has 2 N–H and O–H groups in total. The van der Waals surface area contributed by atoms with E-state index in [1.807, 2.05) is 0 Å². The van der Waals surface area contributed by atoms with E-state index in [1.54, 1.807) is 13.8 Å². The van der Waals surface area contributed by atoms with Crippen LogP contribution in [-0.4, -0.2) is 42.6 Å². The zero-order chi connectivity index (χ0) is 12.6. The van der Waals surface area contributed by atoms with Gasteiger partial charge in [0.1, 0.15) is 5.54 Å². The van der Waals surface area contributed by atoms with E-state index in [-0.39, 0.29) is 5.97 Å².